The van der Waals surface area contributed by atoms with E-state index in [1.54, 1.807) is 29.2 Å². The van der Waals surface area contributed by atoms with Gasteiger partial charge in [-0.1, -0.05) is 79.2 Å². The highest BCUT2D eigenvalue weighted by Crippen LogP contribution is 2.29. The third kappa shape index (κ3) is 6.04. The predicted octanol–water partition coefficient (Wildman–Crippen LogP) is 5.06. The van der Waals surface area contributed by atoms with Gasteiger partial charge in [0.1, 0.15) is 6.04 Å². The first kappa shape index (κ1) is 25.3. The molecule has 3 atom stereocenters. The monoisotopic (exact) mass is 505 g/mol. The van der Waals surface area contributed by atoms with Gasteiger partial charge in [0, 0.05) is 29.2 Å². The van der Waals surface area contributed by atoms with Crippen LogP contribution in [0.2, 0.25) is 5.02 Å². The second-order valence-electron chi connectivity index (χ2n) is 8.98. The highest BCUT2D eigenvalue weighted by molar-refractivity contribution is 6.30. The van der Waals surface area contributed by atoms with E-state index in [-0.39, 0.29) is 24.8 Å². The first-order valence-corrected chi connectivity index (χ1v) is 12.2. The van der Waals surface area contributed by atoms with E-state index in [9.17, 15) is 19.5 Å². The summed E-state index contributed by atoms with van der Waals surface area (Å²) in [6, 6.07) is 21.9. The van der Waals surface area contributed by atoms with Gasteiger partial charge in [-0.25, -0.2) is 4.79 Å². The summed E-state index contributed by atoms with van der Waals surface area (Å²) in [4.78, 5) is 40.3. The van der Waals surface area contributed by atoms with Gasteiger partial charge < -0.3 is 20.6 Å². The number of halogens is 1. The largest absolute Gasteiger partial charge is 0.481 e. The van der Waals surface area contributed by atoms with Crippen molar-refractivity contribution in [3.05, 3.63) is 101 Å². The number of amides is 3. The third-order valence-electron chi connectivity index (χ3n) is 6.51. The van der Waals surface area contributed by atoms with E-state index in [1.807, 2.05) is 61.5 Å². The van der Waals surface area contributed by atoms with Gasteiger partial charge in [0.15, 0.2) is 0 Å². The average molecular weight is 506 g/mol. The Labute approximate surface area is 215 Å². The first-order chi connectivity index (χ1) is 17.3. The van der Waals surface area contributed by atoms with Gasteiger partial charge in [0.2, 0.25) is 5.91 Å². The van der Waals surface area contributed by atoms with Crippen LogP contribution in [-0.2, 0) is 22.6 Å². The van der Waals surface area contributed by atoms with Crippen LogP contribution >= 0.6 is 11.6 Å². The number of hydrogen-bond donors (Lipinski definition) is 3. The minimum atomic E-state index is -0.975. The van der Waals surface area contributed by atoms with E-state index in [0.29, 0.717) is 17.1 Å². The lowest BCUT2D eigenvalue weighted by atomic mass is 9.88. The number of fused-ring (bicyclic) bond motifs is 1. The summed E-state index contributed by atoms with van der Waals surface area (Å²) in [7, 11) is 0. The molecule has 0 aliphatic carbocycles. The average Bonchev–Trinajstić information content (AvgIpc) is 2.86. The molecule has 1 aliphatic rings. The molecule has 4 rings (SSSR count). The minimum Gasteiger partial charge on any atom is -0.481 e. The van der Waals surface area contributed by atoms with Crippen LogP contribution in [0.1, 0.15) is 36.0 Å². The topological polar surface area (TPSA) is 98.7 Å². The fourth-order valence-corrected chi connectivity index (χ4v) is 4.82. The van der Waals surface area contributed by atoms with E-state index >= 15 is 0 Å². The number of carbonyl (C=O) groups excluding carboxylic acids is 2. The fraction of sp³-hybridized carbons (Fsp3) is 0.250. The number of carboxylic acid groups (broad SMARTS) is 1. The van der Waals surface area contributed by atoms with E-state index < -0.39 is 24.1 Å². The molecule has 0 radical (unpaired) electrons. The molecule has 7 nitrogen and oxygen atoms in total. The van der Waals surface area contributed by atoms with Crippen LogP contribution in [-0.4, -0.2) is 40.0 Å². The van der Waals surface area contributed by atoms with Gasteiger partial charge in [0.25, 0.3) is 0 Å². The molecule has 36 heavy (non-hydrogen) atoms. The van der Waals surface area contributed by atoms with Crippen molar-refractivity contribution in [3.8, 4) is 0 Å². The van der Waals surface area contributed by atoms with Gasteiger partial charge >= 0.3 is 12.0 Å². The van der Waals surface area contributed by atoms with Crippen LogP contribution in [0, 0.1) is 0 Å². The summed E-state index contributed by atoms with van der Waals surface area (Å²) in [6.07, 6.45) is 0.261. The molecule has 3 amide bonds. The molecule has 0 bridgehead atoms. The maximum Gasteiger partial charge on any atom is 0.319 e. The Balaban J connectivity index is 1.63. The zero-order chi connectivity index (χ0) is 25.7. The minimum absolute atomic E-state index is 0.179. The van der Waals surface area contributed by atoms with Crippen molar-refractivity contribution in [2.24, 2.45) is 0 Å². The zero-order valence-corrected chi connectivity index (χ0v) is 20.6. The third-order valence-corrected chi connectivity index (χ3v) is 6.74. The number of carboxylic acids is 1. The molecule has 0 aromatic heterocycles. The van der Waals surface area contributed by atoms with Crippen molar-refractivity contribution >= 4 is 35.2 Å². The Bertz CT molecular complexity index is 1250. The lowest BCUT2D eigenvalue weighted by Crippen LogP contribution is -2.56. The fourth-order valence-electron chi connectivity index (χ4n) is 4.63. The second kappa shape index (κ2) is 11.3. The van der Waals surface area contributed by atoms with Crippen LogP contribution in [0.5, 0.6) is 0 Å². The Hall–Kier alpha value is -3.84. The number of benzene rings is 3. The zero-order valence-electron chi connectivity index (χ0n) is 19.9. The molecule has 3 N–H and O–H groups in total. The number of hydrogen-bond acceptors (Lipinski definition) is 3. The molecule has 3 aromatic rings. The molecule has 0 fully saturated rings. The van der Waals surface area contributed by atoms with Crippen molar-refractivity contribution in [1.82, 2.24) is 10.2 Å². The molecule has 0 saturated carbocycles. The number of carbonyl (C=O) groups is 3. The number of nitrogens with one attached hydrogen (secondary N) is 2. The Kier molecular flexibility index (Phi) is 7.90. The van der Waals surface area contributed by atoms with Crippen LogP contribution in [0.3, 0.4) is 0 Å². The smallest absolute Gasteiger partial charge is 0.319 e. The van der Waals surface area contributed by atoms with E-state index in [1.165, 1.54) is 0 Å². The predicted molar refractivity (Wildman–Crippen MR) is 139 cm³/mol. The van der Waals surface area contributed by atoms with Gasteiger partial charge in [-0.05, 0) is 41.3 Å². The van der Waals surface area contributed by atoms with Gasteiger partial charge in [-0.2, -0.15) is 0 Å². The summed E-state index contributed by atoms with van der Waals surface area (Å²) >= 11 is 6.03. The van der Waals surface area contributed by atoms with Gasteiger partial charge in [0.05, 0.1) is 6.42 Å². The lowest BCUT2D eigenvalue weighted by Gasteiger charge is -2.39. The van der Waals surface area contributed by atoms with Gasteiger partial charge in [-0.3, -0.25) is 9.59 Å². The summed E-state index contributed by atoms with van der Waals surface area (Å²) in [6.45, 7) is 2.16. The Morgan fingerprint density at radius 2 is 1.69 bits per heavy atom. The Morgan fingerprint density at radius 1 is 1.00 bits per heavy atom. The van der Waals surface area contributed by atoms with Crippen LogP contribution in [0.4, 0.5) is 10.5 Å². The van der Waals surface area contributed by atoms with Crippen molar-refractivity contribution < 1.29 is 19.5 Å². The molecule has 1 aliphatic heterocycles. The number of aliphatic carboxylic acids is 1. The molecule has 0 unspecified atom stereocenters. The van der Waals surface area contributed by atoms with Crippen molar-refractivity contribution in [3.63, 3.8) is 0 Å². The molecule has 3 aromatic carbocycles. The molecule has 0 spiro atoms. The van der Waals surface area contributed by atoms with E-state index in [0.717, 1.165) is 16.7 Å². The highest BCUT2D eigenvalue weighted by atomic mass is 35.5. The summed E-state index contributed by atoms with van der Waals surface area (Å²) in [5.74, 6) is -1.67. The normalized spacial score (nSPS) is 16.4. The molecular formula is C28H28ClN3O4. The number of nitrogens with zero attached hydrogens (tertiary/aromatic N) is 1. The summed E-state index contributed by atoms with van der Waals surface area (Å²) < 4.78 is 0. The summed E-state index contributed by atoms with van der Waals surface area (Å²) in [5, 5.41) is 15.6. The van der Waals surface area contributed by atoms with E-state index in [2.05, 4.69) is 10.6 Å². The quantitative estimate of drug-likeness (QED) is 0.418. The van der Waals surface area contributed by atoms with Crippen molar-refractivity contribution in [1.29, 1.82) is 0 Å². The van der Waals surface area contributed by atoms with Crippen LogP contribution in [0.15, 0.2) is 78.9 Å². The molecule has 8 heteroatoms. The summed E-state index contributed by atoms with van der Waals surface area (Å²) in [5.41, 5.74) is 3.38. The Morgan fingerprint density at radius 3 is 2.39 bits per heavy atom. The van der Waals surface area contributed by atoms with E-state index in [4.69, 9.17) is 11.6 Å². The van der Waals surface area contributed by atoms with Gasteiger partial charge in [-0.15, -0.1) is 0 Å². The maximum absolute atomic E-state index is 14.0. The standard InChI is InChI=1S/C28H28ClN3O4/c1-18(19-8-3-2-4-9-19)26(31-28(36)30-23-13-7-12-22(29)15-23)27(35)32-17-21-11-6-5-10-20(21)14-24(32)16-25(33)34/h2-13,15,18,24,26H,14,16-17H2,1H3,(H,33,34)(H2,30,31,36)/t18-,24-,26+/m1/s1. The maximum atomic E-state index is 14.0. The van der Waals surface area contributed by atoms with Crippen molar-refractivity contribution in [2.75, 3.05) is 5.32 Å². The van der Waals surface area contributed by atoms with Crippen molar-refractivity contribution in [2.45, 2.75) is 44.3 Å². The first-order valence-electron chi connectivity index (χ1n) is 11.8. The molecule has 1 heterocycles. The highest BCUT2D eigenvalue weighted by Gasteiger charge is 2.38. The molecule has 186 valence electrons. The molecule has 0 saturated heterocycles. The number of urea groups is 1. The van der Waals surface area contributed by atoms with Crippen LogP contribution < -0.4 is 10.6 Å². The molecular weight excluding hydrogens is 478 g/mol. The number of anilines is 1. The SMILES string of the molecule is C[C@H](c1ccccc1)[C@H](NC(=O)Nc1cccc(Cl)c1)C(=O)N1Cc2ccccc2C[C@@H]1CC(=O)O. The lowest BCUT2D eigenvalue weighted by molar-refractivity contribution is -0.142. The number of rotatable bonds is 7. The van der Waals surface area contributed by atoms with Crippen LogP contribution in [0.25, 0.3) is 0 Å². The second-order valence-corrected chi connectivity index (χ2v) is 9.41.